The van der Waals surface area contributed by atoms with Crippen molar-refractivity contribution in [1.29, 1.82) is 5.26 Å². The van der Waals surface area contributed by atoms with Gasteiger partial charge in [0.05, 0.1) is 37.4 Å². The molecule has 3 aliphatic carbocycles. The number of fused-ring (bicyclic) bond motifs is 2. The Morgan fingerprint density at radius 1 is 1.05 bits per heavy atom. The van der Waals surface area contributed by atoms with Crippen molar-refractivity contribution in [3.05, 3.63) is 12.7 Å². The second kappa shape index (κ2) is 13.2. The van der Waals surface area contributed by atoms with Gasteiger partial charge in [-0.15, -0.1) is 0 Å². The number of carbonyl (C=O) groups excluding carboxylic acids is 1. The van der Waals surface area contributed by atoms with Gasteiger partial charge in [0, 0.05) is 44.7 Å². The summed E-state index contributed by atoms with van der Waals surface area (Å²) in [6, 6.07) is 3.08. The third kappa shape index (κ3) is 6.18. The summed E-state index contributed by atoms with van der Waals surface area (Å²) in [7, 11) is 4.14. The number of nitriles is 1. The quantitative estimate of drug-likeness (QED) is 0.442. The van der Waals surface area contributed by atoms with E-state index < -0.39 is 0 Å². The van der Waals surface area contributed by atoms with Crippen molar-refractivity contribution < 1.29 is 14.3 Å². The zero-order chi connectivity index (χ0) is 29.3. The lowest BCUT2D eigenvalue weighted by atomic mass is 9.54. The minimum Gasteiger partial charge on any atom is -0.381 e. The van der Waals surface area contributed by atoms with E-state index in [0.717, 1.165) is 25.6 Å². The van der Waals surface area contributed by atoms with E-state index in [1.165, 1.54) is 76.7 Å². The van der Waals surface area contributed by atoms with Crippen LogP contribution in [0.25, 0.3) is 0 Å². The maximum Gasteiger partial charge on any atom is 0.246 e. The van der Waals surface area contributed by atoms with Crippen LogP contribution in [0.1, 0.15) is 77.0 Å². The smallest absolute Gasteiger partial charge is 0.246 e. The van der Waals surface area contributed by atoms with Crippen molar-refractivity contribution >= 4 is 5.91 Å². The Labute approximate surface area is 253 Å². The summed E-state index contributed by atoms with van der Waals surface area (Å²) in [4.78, 5) is 19.4. The number of amides is 1. The molecule has 0 aromatic heterocycles. The highest BCUT2D eigenvalue weighted by Gasteiger charge is 2.52. The Balaban J connectivity index is 1.19. The summed E-state index contributed by atoms with van der Waals surface area (Å²) in [6.07, 6.45) is 16.2. The molecule has 6 aliphatic rings. The first-order valence-electron chi connectivity index (χ1n) is 16.8. The number of likely N-dealkylation sites (N-methyl/N-ethyl adjacent to an activating group) is 1. The first-order valence-corrected chi connectivity index (χ1v) is 16.8. The normalized spacial score (nSPS) is 43.0. The standard InChI is InChI=1S/C33H54N6O3/c1-4-30(40)39-18-17-38(21-24(39)12-15-34)31-26-11-14-33(13-10-23-7-5-9-29(41-3)27(23)19-33)20-28(26)35-32(36-31)42-22-25-8-6-16-37(25)2/h4,23-29,31-32,35-36H,1,5-14,16-22H2,2-3H3. The zero-order valence-corrected chi connectivity index (χ0v) is 26.0. The number of methoxy groups -OCH3 is 1. The van der Waals surface area contributed by atoms with Gasteiger partial charge in [0.1, 0.15) is 0 Å². The Morgan fingerprint density at radius 2 is 1.90 bits per heavy atom. The van der Waals surface area contributed by atoms with E-state index >= 15 is 0 Å². The average molecular weight is 583 g/mol. The number of nitrogens with zero attached hydrogens (tertiary/aromatic N) is 4. The van der Waals surface area contributed by atoms with E-state index in [4.69, 9.17) is 9.47 Å². The molecule has 0 aromatic carbocycles. The van der Waals surface area contributed by atoms with Crippen molar-refractivity contribution in [1.82, 2.24) is 25.3 Å². The molecule has 0 aromatic rings. The van der Waals surface area contributed by atoms with E-state index in [-0.39, 0.29) is 24.5 Å². The van der Waals surface area contributed by atoms with Gasteiger partial charge in [-0.25, -0.2) is 0 Å². The molecule has 6 fully saturated rings. The van der Waals surface area contributed by atoms with Crippen LogP contribution in [0.2, 0.25) is 0 Å². The summed E-state index contributed by atoms with van der Waals surface area (Å²) >= 11 is 0. The van der Waals surface area contributed by atoms with Crippen LogP contribution in [0.15, 0.2) is 12.7 Å². The fourth-order valence-electron chi connectivity index (χ4n) is 9.93. The highest BCUT2D eigenvalue weighted by Crippen LogP contribution is 2.56. The summed E-state index contributed by atoms with van der Waals surface area (Å²) in [5.41, 5.74) is 0.389. The second-order valence-electron chi connectivity index (χ2n) is 14.4. The largest absolute Gasteiger partial charge is 0.381 e. The molecular formula is C33H54N6O3. The fraction of sp³-hybridized carbons (Fsp3) is 0.879. The predicted octanol–water partition coefficient (Wildman–Crippen LogP) is 3.28. The number of carbonyl (C=O) groups is 1. The summed E-state index contributed by atoms with van der Waals surface area (Å²) in [5.74, 6) is 1.95. The Hall–Kier alpha value is -1.54. The van der Waals surface area contributed by atoms with Gasteiger partial charge in [-0.05, 0) is 101 Å². The van der Waals surface area contributed by atoms with E-state index in [1.807, 2.05) is 12.0 Å². The molecule has 10 unspecified atom stereocenters. The Bertz CT molecular complexity index is 999. The lowest BCUT2D eigenvalue weighted by molar-refractivity contribution is -0.140. The number of hydrogen-bond acceptors (Lipinski definition) is 8. The molecule has 1 amide bonds. The molecule has 0 radical (unpaired) electrons. The molecule has 6 rings (SSSR count). The van der Waals surface area contributed by atoms with Crippen LogP contribution >= 0.6 is 0 Å². The number of hydrogen-bond donors (Lipinski definition) is 2. The zero-order valence-electron chi connectivity index (χ0n) is 26.0. The molecule has 3 heterocycles. The van der Waals surface area contributed by atoms with E-state index in [2.05, 4.69) is 40.1 Å². The van der Waals surface area contributed by atoms with Crippen LogP contribution in [-0.4, -0.2) is 104 Å². The molecule has 234 valence electrons. The van der Waals surface area contributed by atoms with Gasteiger partial charge in [0.2, 0.25) is 5.91 Å². The SMILES string of the molecule is C=CC(=O)N1CCN(C2NC(OCC3CCCN3C)NC3CC4(CCC5CCCC(OC)C5C4)CCC32)CC1CC#N. The van der Waals surface area contributed by atoms with Crippen molar-refractivity contribution in [2.45, 2.75) is 114 Å². The van der Waals surface area contributed by atoms with Gasteiger partial charge in [-0.3, -0.25) is 20.3 Å². The van der Waals surface area contributed by atoms with Crippen molar-refractivity contribution in [3.8, 4) is 6.07 Å². The molecule has 9 nitrogen and oxygen atoms in total. The van der Waals surface area contributed by atoms with Crippen LogP contribution in [0.4, 0.5) is 0 Å². The third-order valence-corrected chi connectivity index (χ3v) is 12.3. The number of nitrogens with one attached hydrogen (secondary N) is 2. The van der Waals surface area contributed by atoms with Crippen molar-refractivity contribution in [2.24, 2.45) is 23.2 Å². The van der Waals surface area contributed by atoms with E-state index in [9.17, 15) is 10.1 Å². The van der Waals surface area contributed by atoms with Gasteiger partial charge in [0.25, 0.3) is 0 Å². The van der Waals surface area contributed by atoms with Gasteiger partial charge in [0.15, 0.2) is 6.35 Å². The maximum atomic E-state index is 12.6. The molecule has 3 saturated carbocycles. The fourth-order valence-corrected chi connectivity index (χ4v) is 9.93. The monoisotopic (exact) mass is 582 g/mol. The minimum absolute atomic E-state index is 0.0692. The summed E-state index contributed by atoms with van der Waals surface area (Å²) in [5, 5.41) is 17.4. The van der Waals surface area contributed by atoms with Gasteiger partial charge >= 0.3 is 0 Å². The Kier molecular flexibility index (Phi) is 9.59. The third-order valence-electron chi connectivity index (χ3n) is 12.3. The average Bonchev–Trinajstić information content (AvgIpc) is 3.43. The second-order valence-corrected chi connectivity index (χ2v) is 14.4. The number of likely N-dealkylation sites (tertiary alicyclic amines) is 1. The van der Waals surface area contributed by atoms with Crippen LogP contribution in [0, 0.1) is 34.5 Å². The van der Waals surface area contributed by atoms with E-state index in [1.54, 1.807) is 0 Å². The van der Waals surface area contributed by atoms with Crippen LogP contribution in [0.3, 0.4) is 0 Å². The van der Waals surface area contributed by atoms with Gasteiger partial charge in [-0.1, -0.05) is 13.0 Å². The molecule has 9 heteroatoms. The minimum atomic E-state index is -0.194. The first kappa shape index (κ1) is 30.5. The molecule has 10 atom stereocenters. The molecule has 0 bridgehead atoms. The van der Waals surface area contributed by atoms with Crippen LogP contribution < -0.4 is 10.6 Å². The maximum absolute atomic E-state index is 12.6. The topological polar surface area (TPSA) is 93.1 Å². The number of rotatable bonds is 7. The van der Waals surface area contributed by atoms with Gasteiger partial charge in [-0.2, -0.15) is 5.26 Å². The number of ether oxygens (including phenoxy) is 2. The van der Waals surface area contributed by atoms with Crippen molar-refractivity contribution in [2.75, 3.05) is 46.9 Å². The van der Waals surface area contributed by atoms with E-state index in [0.29, 0.717) is 54.9 Å². The lowest BCUT2D eigenvalue weighted by Crippen LogP contribution is -2.72. The number of piperazine rings is 1. The van der Waals surface area contributed by atoms with Crippen molar-refractivity contribution in [3.63, 3.8) is 0 Å². The van der Waals surface area contributed by atoms with Crippen LogP contribution in [0.5, 0.6) is 0 Å². The molecule has 3 saturated heterocycles. The lowest BCUT2D eigenvalue weighted by Gasteiger charge is -2.58. The van der Waals surface area contributed by atoms with Crippen LogP contribution in [-0.2, 0) is 14.3 Å². The summed E-state index contributed by atoms with van der Waals surface area (Å²) < 4.78 is 12.7. The molecule has 1 spiro atoms. The molecule has 2 N–H and O–H groups in total. The highest BCUT2D eigenvalue weighted by molar-refractivity contribution is 5.87. The predicted molar refractivity (Wildman–Crippen MR) is 162 cm³/mol. The molecular weight excluding hydrogens is 528 g/mol. The van der Waals surface area contributed by atoms with Gasteiger partial charge < -0.3 is 19.3 Å². The molecule has 3 aliphatic heterocycles. The molecule has 42 heavy (non-hydrogen) atoms. The summed E-state index contributed by atoms with van der Waals surface area (Å²) in [6.45, 7) is 7.71. The first-order chi connectivity index (χ1) is 20.4. The Morgan fingerprint density at radius 3 is 2.67 bits per heavy atom. The highest BCUT2D eigenvalue weighted by atomic mass is 16.5.